The fraction of sp³-hybridized carbons (Fsp3) is 0. The third-order valence-electron chi connectivity index (χ3n) is 4.10. The summed E-state index contributed by atoms with van der Waals surface area (Å²) in [5.74, 6) is -0.385. The van der Waals surface area contributed by atoms with Gasteiger partial charge in [-0.15, -0.1) is 0 Å². The van der Waals surface area contributed by atoms with E-state index in [0.717, 1.165) is 16.7 Å². The molecule has 0 N–H and O–H groups in total. The zero-order chi connectivity index (χ0) is 15.8. The van der Waals surface area contributed by atoms with Crippen LogP contribution in [0.4, 0.5) is 4.39 Å². The van der Waals surface area contributed by atoms with Crippen molar-refractivity contribution in [2.75, 3.05) is 0 Å². The van der Waals surface area contributed by atoms with Gasteiger partial charge >= 0.3 is 0 Å². The molecule has 0 fully saturated rings. The van der Waals surface area contributed by atoms with E-state index in [2.05, 4.69) is 0 Å². The van der Waals surface area contributed by atoms with Gasteiger partial charge in [0.05, 0.1) is 0 Å². The van der Waals surface area contributed by atoms with Crippen molar-refractivity contribution in [1.82, 2.24) is 0 Å². The summed E-state index contributed by atoms with van der Waals surface area (Å²) in [6.07, 6.45) is 0. The molecule has 1 nitrogen and oxygen atoms in total. The minimum atomic E-state index is -0.334. The van der Waals surface area contributed by atoms with Crippen molar-refractivity contribution in [1.29, 1.82) is 0 Å². The van der Waals surface area contributed by atoms with E-state index < -0.39 is 0 Å². The summed E-state index contributed by atoms with van der Waals surface area (Å²) < 4.78 is 13.8. The van der Waals surface area contributed by atoms with Crippen LogP contribution in [-0.4, -0.2) is 5.78 Å². The summed E-state index contributed by atoms with van der Waals surface area (Å²) in [5, 5.41) is 0. The van der Waals surface area contributed by atoms with Crippen LogP contribution in [0.5, 0.6) is 0 Å². The van der Waals surface area contributed by atoms with Crippen molar-refractivity contribution < 1.29 is 9.18 Å². The van der Waals surface area contributed by atoms with Gasteiger partial charge in [-0.25, -0.2) is 4.39 Å². The number of hydrogen-bond donors (Lipinski definition) is 0. The zero-order valence-electron chi connectivity index (χ0n) is 12.3. The van der Waals surface area contributed by atoms with E-state index in [-0.39, 0.29) is 11.6 Å². The zero-order valence-corrected chi connectivity index (χ0v) is 12.3. The number of allylic oxidation sites excluding steroid dienone is 1. The van der Waals surface area contributed by atoms with Crippen LogP contribution in [0.15, 0.2) is 78.9 Å². The topological polar surface area (TPSA) is 17.1 Å². The predicted molar refractivity (Wildman–Crippen MR) is 89.5 cm³/mol. The molecule has 0 aromatic heterocycles. The van der Waals surface area contributed by atoms with Gasteiger partial charge < -0.3 is 0 Å². The van der Waals surface area contributed by atoms with Gasteiger partial charge in [0.1, 0.15) is 5.82 Å². The first-order valence-electron chi connectivity index (χ1n) is 7.45. The first-order chi connectivity index (χ1) is 11.3. The number of Topliss-reactive ketones (excluding diaryl/α,β-unsaturated/α-hetero) is 1. The third kappa shape index (κ3) is 2.20. The Bertz CT molecular complexity index is 925. The molecule has 2 heteroatoms. The van der Waals surface area contributed by atoms with Gasteiger partial charge in [0, 0.05) is 16.7 Å². The second-order valence-corrected chi connectivity index (χ2v) is 5.50. The lowest BCUT2D eigenvalue weighted by atomic mass is 9.94. The molecule has 110 valence electrons. The van der Waals surface area contributed by atoms with Crippen LogP contribution in [0, 0.1) is 5.82 Å². The molecule has 3 aromatic carbocycles. The maximum atomic E-state index is 13.8. The fourth-order valence-corrected chi connectivity index (χ4v) is 3.09. The number of hydrogen-bond acceptors (Lipinski definition) is 1. The van der Waals surface area contributed by atoms with Crippen molar-refractivity contribution in [3.63, 3.8) is 0 Å². The monoisotopic (exact) mass is 300 g/mol. The van der Waals surface area contributed by atoms with Crippen LogP contribution in [-0.2, 0) is 0 Å². The standard InChI is InChI=1S/C21H13FO/c22-16-11-12-17-18(13-16)19(14-7-3-1-4-8-14)20(21(17)23)15-9-5-2-6-10-15/h1-13H. The van der Waals surface area contributed by atoms with Gasteiger partial charge in [0.2, 0.25) is 0 Å². The Morgan fingerprint density at radius 1 is 0.609 bits per heavy atom. The molecule has 0 atom stereocenters. The highest BCUT2D eigenvalue weighted by Gasteiger charge is 2.31. The molecule has 0 radical (unpaired) electrons. The van der Waals surface area contributed by atoms with Crippen molar-refractivity contribution in [3.05, 3.63) is 107 Å². The lowest BCUT2D eigenvalue weighted by Gasteiger charge is -2.08. The smallest absolute Gasteiger partial charge is 0.194 e. The number of ketones is 1. The molecule has 0 saturated carbocycles. The van der Waals surface area contributed by atoms with Crippen LogP contribution in [0.1, 0.15) is 27.0 Å². The predicted octanol–water partition coefficient (Wildman–Crippen LogP) is 4.98. The molecule has 1 aliphatic rings. The highest BCUT2D eigenvalue weighted by Crippen LogP contribution is 2.42. The minimum Gasteiger partial charge on any atom is -0.289 e. The molecule has 0 unspecified atom stereocenters. The van der Waals surface area contributed by atoms with Gasteiger partial charge in [0.25, 0.3) is 0 Å². The van der Waals surface area contributed by atoms with Gasteiger partial charge in [-0.2, -0.15) is 0 Å². The average molecular weight is 300 g/mol. The van der Waals surface area contributed by atoms with E-state index >= 15 is 0 Å². The normalized spacial score (nSPS) is 13.3. The Labute approximate surface area is 133 Å². The highest BCUT2D eigenvalue weighted by molar-refractivity contribution is 6.41. The summed E-state index contributed by atoms with van der Waals surface area (Å²) in [4.78, 5) is 12.9. The second-order valence-electron chi connectivity index (χ2n) is 5.50. The number of halogens is 1. The number of carbonyl (C=O) groups excluding carboxylic acids is 1. The SMILES string of the molecule is O=C1C(c2ccccc2)=C(c2ccccc2)c2cc(F)ccc21. The van der Waals surface area contributed by atoms with E-state index in [0.29, 0.717) is 16.7 Å². The number of fused-ring (bicyclic) bond motifs is 1. The summed E-state index contributed by atoms with van der Waals surface area (Å²) >= 11 is 0. The molecule has 0 heterocycles. The fourth-order valence-electron chi connectivity index (χ4n) is 3.09. The molecule has 0 saturated heterocycles. The molecule has 0 amide bonds. The van der Waals surface area contributed by atoms with E-state index in [4.69, 9.17) is 0 Å². The molecule has 3 aromatic rings. The molecule has 0 aliphatic heterocycles. The molecular weight excluding hydrogens is 287 g/mol. The van der Waals surface area contributed by atoms with Crippen molar-refractivity contribution in [3.8, 4) is 0 Å². The maximum Gasteiger partial charge on any atom is 0.194 e. The van der Waals surface area contributed by atoms with Crippen LogP contribution in [0.3, 0.4) is 0 Å². The van der Waals surface area contributed by atoms with Gasteiger partial charge in [-0.1, -0.05) is 60.7 Å². The van der Waals surface area contributed by atoms with E-state index in [1.54, 1.807) is 6.07 Å². The molecule has 4 rings (SSSR count). The summed E-state index contributed by atoms with van der Waals surface area (Å²) in [5.41, 5.74) is 4.44. The molecule has 23 heavy (non-hydrogen) atoms. The summed E-state index contributed by atoms with van der Waals surface area (Å²) in [7, 11) is 0. The first-order valence-corrected chi connectivity index (χ1v) is 7.45. The molecule has 1 aliphatic carbocycles. The van der Waals surface area contributed by atoms with Gasteiger partial charge in [-0.05, 0) is 34.9 Å². The maximum absolute atomic E-state index is 13.8. The Balaban J connectivity index is 2.06. The van der Waals surface area contributed by atoms with E-state index in [9.17, 15) is 9.18 Å². The van der Waals surface area contributed by atoms with Crippen molar-refractivity contribution in [2.24, 2.45) is 0 Å². The Morgan fingerprint density at radius 2 is 1.17 bits per heavy atom. The van der Waals surface area contributed by atoms with Crippen LogP contribution in [0.2, 0.25) is 0 Å². The van der Waals surface area contributed by atoms with Crippen LogP contribution < -0.4 is 0 Å². The number of rotatable bonds is 2. The van der Waals surface area contributed by atoms with Crippen molar-refractivity contribution >= 4 is 16.9 Å². The van der Waals surface area contributed by atoms with Gasteiger partial charge in [0.15, 0.2) is 5.78 Å². The lowest BCUT2D eigenvalue weighted by Crippen LogP contribution is -1.98. The second kappa shape index (κ2) is 5.33. The first kappa shape index (κ1) is 13.6. The molecule has 0 spiro atoms. The minimum absolute atomic E-state index is 0.0509. The lowest BCUT2D eigenvalue weighted by molar-refractivity contribution is 0.105. The molecule has 0 bridgehead atoms. The van der Waals surface area contributed by atoms with Crippen molar-refractivity contribution in [2.45, 2.75) is 0 Å². The van der Waals surface area contributed by atoms with Gasteiger partial charge in [-0.3, -0.25) is 4.79 Å². The Kier molecular flexibility index (Phi) is 3.16. The van der Waals surface area contributed by atoms with E-state index in [1.165, 1.54) is 12.1 Å². The van der Waals surface area contributed by atoms with E-state index in [1.807, 2.05) is 60.7 Å². The van der Waals surface area contributed by atoms with Crippen LogP contribution >= 0.6 is 0 Å². The largest absolute Gasteiger partial charge is 0.289 e. The van der Waals surface area contributed by atoms with Crippen LogP contribution in [0.25, 0.3) is 11.1 Å². The number of carbonyl (C=O) groups is 1. The highest BCUT2D eigenvalue weighted by atomic mass is 19.1. The third-order valence-corrected chi connectivity index (χ3v) is 4.10. The Hall–Kier alpha value is -3.00. The molecular formula is C21H13FO. The Morgan fingerprint density at radius 3 is 1.78 bits per heavy atom. The summed E-state index contributed by atoms with van der Waals surface area (Å²) in [6, 6.07) is 23.6. The average Bonchev–Trinajstić information content (AvgIpc) is 2.88. The quantitative estimate of drug-likeness (QED) is 0.652. The number of benzene rings is 3. The summed E-state index contributed by atoms with van der Waals surface area (Å²) in [6.45, 7) is 0.